The molecule has 0 bridgehead atoms. The molecule has 0 fully saturated rings. The van der Waals surface area contributed by atoms with Gasteiger partial charge in [-0.25, -0.2) is 13.2 Å². The first-order valence-electron chi connectivity index (χ1n) is 9.72. The smallest absolute Gasteiger partial charge is 0.409 e. The number of alkyl carbamates (subject to hydrolysis) is 1. The van der Waals surface area contributed by atoms with Crippen LogP contribution in [0.4, 0.5) is 19.3 Å². The quantitative estimate of drug-likeness (QED) is 0.408. The highest BCUT2D eigenvalue weighted by atomic mass is 32.2. The number of amides is 1. The van der Waals surface area contributed by atoms with E-state index in [4.69, 9.17) is 9.39 Å². The first kappa shape index (κ1) is 24.7. The summed E-state index contributed by atoms with van der Waals surface area (Å²) in [6, 6.07) is 9.13. The summed E-state index contributed by atoms with van der Waals surface area (Å²) >= 11 is 0. The molecule has 3 rings (SSSR count). The zero-order valence-corrected chi connectivity index (χ0v) is 18.7. The molecule has 2 aromatic rings. The fourth-order valence-corrected chi connectivity index (χ4v) is 4.08. The van der Waals surface area contributed by atoms with E-state index in [0.717, 1.165) is 6.07 Å². The van der Waals surface area contributed by atoms with E-state index in [9.17, 15) is 27.1 Å². The van der Waals surface area contributed by atoms with Crippen molar-refractivity contribution in [2.24, 2.45) is 0 Å². The van der Waals surface area contributed by atoms with Crippen LogP contribution in [-0.2, 0) is 19.4 Å². The first-order chi connectivity index (χ1) is 15.3. The second-order valence-electron chi connectivity index (χ2n) is 8.07. The zero-order valence-electron chi connectivity index (χ0n) is 17.9. The van der Waals surface area contributed by atoms with Crippen molar-refractivity contribution in [2.45, 2.75) is 50.2 Å². The van der Waals surface area contributed by atoms with Crippen LogP contribution < -0.4 is 20.2 Å². The molecule has 2 atom stereocenters. The van der Waals surface area contributed by atoms with E-state index in [1.165, 1.54) is 43.9 Å². The maximum Gasteiger partial charge on any atom is 0.409 e. The summed E-state index contributed by atoms with van der Waals surface area (Å²) in [5.41, 5.74) is 0.402. The molecule has 33 heavy (non-hydrogen) atoms. The second-order valence-corrected chi connectivity index (χ2v) is 9.75. The second kappa shape index (κ2) is 9.53. The Hall–Kier alpha value is -2.90. The van der Waals surface area contributed by atoms with Crippen LogP contribution in [-0.4, -0.2) is 45.5 Å². The van der Waals surface area contributed by atoms with Crippen LogP contribution >= 0.6 is 0 Å². The summed E-state index contributed by atoms with van der Waals surface area (Å²) in [4.78, 5) is 11.6. The van der Waals surface area contributed by atoms with Crippen LogP contribution in [0.3, 0.4) is 0 Å². The van der Waals surface area contributed by atoms with Gasteiger partial charge in [-0.05, 0) is 56.1 Å². The maximum atomic E-state index is 12.7. The molecule has 0 aromatic heterocycles. The van der Waals surface area contributed by atoms with Crippen molar-refractivity contribution in [2.75, 3.05) is 4.72 Å². The largest absolute Gasteiger partial charge is 0.444 e. The molecule has 1 radical (unpaired) electrons. The van der Waals surface area contributed by atoms with E-state index in [-0.39, 0.29) is 16.3 Å². The van der Waals surface area contributed by atoms with Crippen LogP contribution in [0, 0.1) is 0 Å². The van der Waals surface area contributed by atoms with Gasteiger partial charge in [0.15, 0.2) is 6.23 Å². The van der Waals surface area contributed by atoms with Crippen molar-refractivity contribution in [3.63, 3.8) is 0 Å². The van der Waals surface area contributed by atoms with Gasteiger partial charge >= 0.3 is 20.2 Å². The molecule has 13 heteroatoms. The number of ether oxygens (including phenoxy) is 2. The highest BCUT2D eigenvalue weighted by molar-refractivity contribution is 7.92. The van der Waals surface area contributed by atoms with Crippen molar-refractivity contribution in [1.29, 1.82) is 0 Å². The van der Waals surface area contributed by atoms with Crippen molar-refractivity contribution in [1.82, 2.24) is 5.32 Å². The number of aliphatic hydroxyl groups is 1. The molecule has 3 N–H and O–H groups in total. The highest BCUT2D eigenvalue weighted by Gasteiger charge is 2.33. The number of fused-ring (bicyclic) bond motifs is 1. The summed E-state index contributed by atoms with van der Waals surface area (Å²) in [6.45, 7) is 1.95. The molecule has 2 aromatic carbocycles. The van der Waals surface area contributed by atoms with Crippen molar-refractivity contribution < 1.29 is 41.2 Å². The third-order valence-electron chi connectivity index (χ3n) is 4.28. The van der Waals surface area contributed by atoms with Gasteiger partial charge in [0.2, 0.25) is 0 Å². The molecule has 2 unspecified atom stereocenters. The van der Waals surface area contributed by atoms with Gasteiger partial charge in [-0.15, -0.1) is 0 Å². The van der Waals surface area contributed by atoms with Gasteiger partial charge in [0.25, 0.3) is 10.0 Å². The number of carbonyl (C=O) groups is 1. The van der Waals surface area contributed by atoms with Gasteiger partial charge < -0.3 is 19.2 Å². The Morgan fingerprint density at radius 2 is 1.94 bits per heavy atom. The molecule has 1 aliphatic rings. The van der Waals surface area contributed by atoms with Crippen LogP contribution in [0.25, 0.3) is 0 Å². The zero-order chi connectivity index (χ0) is 24.4. The first-order valence-corrected chi connectivity index (χ1v) is 11.2. The molecule has 0 aliphatic carbocycles. The minimum Gasteiger partial charge on any atom is -0.444 e. The van der Waals surface area contributed by atoms with Crippen molar-refractivity contribution >= 4 is 34.7 Å². The third-order valence-corrected chi connectivity index (χ3v) is 5.66. The van der Waals surface area contributed by atoms with Gasteiger partial charge in [0, 0.05) is 11.8 Å². The van der Waals surface area contributed by atoms with E-state index in [1.54, 1.807) is 20.8 Å². The van der Waals surface area contributed by atoms with Gasteiger partial charge in [0.1, 0.15) is 17.5 Å². The lowest BCUT2D eigenvalue weighted by Crippen LogP contribution is -2.42. The number of benzene rings is 2. The molecule has 0 saturated carbocycles. The van der Waals surface area contributed by atoms with Gasteiger partial charge in [-0.1, -0.05) is 12.1 Å². The van der Waals surface area contributed by atoms with Crippen LogP contribution in [0.1, 0.15) is 32.4 Å². The van der Waals surface area contributed by atoms with Crippen LogP contribution in [0.5, 0.6) is 5.75 Å². The number of sulfonamides is 1. The molecule has 1 heterocycles. The van der Waals surface area contributed by atoms with E-state index in [0.29, 0.717) is 11.0 Å². The minimum absolute atomic E-state index is 0.170. The number of alkyl halides is 2. The van der Waals surface area contributed by atoms with Crippen LogP contribution in [0.15, 0.2) is 47.4 Å². The molecule has 9 nitrogen and oxygen atoms in total. The molecule has 1 aliphatic heterocycles. The molecular weight excluding hydrogens is 461 g/mol. The van der Waals surface area contributed by atoms with E-state index in [2.05, 4.69) is 14.8 Å². The lowest BCUT2D eigenvalue weighted by molar-refractivity contribution is -0.0500. The Bertz CT molecular complexity index is 1130. The number of halogens is 2. The van der Waals surface area contributed by atoms with Crippen molar-refractivity contribution in [3.05, 3.63) is 48.0 Å². The summed E-state index contributed by atoms with van der Waals surface area (Å²) in [5, 5.41) is 12.6. The molecular formula is C20H22BF2N2O7S. The summed E-state index contributed by atoms with van der Waals surface area (Å²) in [5.74, 6) is -0.294. The normalized spacial score (nSPS) is 16.5. The van der Waals surface area contributed by atoms with E-state index >= 15 is 0 Å². The minimum atomic E-state index is -4.10. The average Bonchev–Trinajstić information content (AvgIpc) is 3.09. The Labute approximate surface area is 190 Å². The van der Waals surface area contributed by atoms with Crippen LogP contribution in [0.2, 0.25) is 0 Å². The average molecular weight is 483 g/mol. The fraction of sp³-hybridized carbons (Fsp3) is 0.350. The number of hydrogen-bond donors (Lipinski definition) is 3. The number of rotatable bonds is 7. The maximum absolute atomic E-state index is 12.7. The lowest BCUT2D eigenvalue weighted by atomic mass is 9.86. The van der Waals surface area contributed by atoms with E-state index < -0.39 is 40.7 Å². The van der Waals surface area contributed by atoms with Gasteiger partial charge in [-0.2, -0.15) is 8.78 Å². The predicted octanol–water partition coefficient (Wildman–Crippen LogP) is 2.25. The number of aliphatic hydroxyl groups excluding tert-OH is 1. The number of nitrogens with one attached hydrogen (secondary N) is 2. The Balaban J connectivity index is 1.71. The standard InChI is InChI=1S/C20H22BF2N2O7S/c1-20(2,3)31-19(27)24-17(26)16-14-8-7-11(9-15(14)21-32-16)25-33(28,29)13-6-4-5-12(10-13)30-18(22)23/h4-10,16-18,25-26H,1-3H3,(H,24,27). The summed E-state index contributed by atoms with van der Waals surface area (Å²) < 4.78 is 67.2. The molecule has 0 saturated heterocycles. The highest BCUT2D eigenvalue weighted by Crippen LogP contribution is 2.27. The Kier molecular flexibility index (Phi) is 7.15. The monoisotopic (exact) mass is 483 g/mol. The molecule has 1 amide bonds. The third kappa shape index (κ3) is 6.56. The van der Waals surface area contributed by atoms with Crippen molar-refractivity contribution in [3.8, 4) is 5.75 Å². The summed E-state index contributed by atoms with van der Waals surface area (Å²) in [6.07, 6.45) is -3.17. The SMILES string of the molecule is CC(C)(C)OC(=O)NC(O)C1O[B]c2cc(NS(=O)(=O)c3cccc(OC(F)F)c3)ccc21. The Morgan fingerprint density at radius 3 is 2.61 bits per heavy atom. The van der Waals surface area contributed by atoms with Gasteiger partial charge in [0.05, 0.1) is 4.90 Å². The fourth-order valence-electron chi connectivity index (χ4n) is 3.00. The van der Waals surface area contributed by atoms with Gasteiger partial charge in [-0.3, -0.25) is 10.0 Å². The summed E-state index contributed by atoms with van der Waals surface area (Å²) in [7, 11) is -2.79. The van der Waals surface area contributed by atoms with E-state index in [1.807, 2.05) is 0 Å². The molecule has 177 valence electrons. The topological polar surface area (TPSA) is 123 Å². The molecule has 0 spiro atoms. The number of hydrogen-bond acceptors (Lipinski definition) is 7. The number of carbonyl (C=O) groups excluding carboxylic acids is 1. The Morgan fingerprint density at radius 1 is 1.21 bits per heavy atom. The number of anilines is 1. The lowest BCUT2D eigenvalue weighted by Gasteiger charge is -2.24. The predicted molar refractivity (Wildman–Crippen MR) is 115 cm³/mol.